The van der Waals surface area contributed by atoms with Gasteiger partial charge < -0.3 is 5.32 Å². The fourth-order valence-electron chi connectivity index (χ4n) is 2.82. The molecule has 4 nitrogen and oxygen atoms in total. The van der Waals surface area contributed by atoms with Crippen LogP contribution in [-0.2, 0) is 11.2 Å². The molecule has 2 N–H and O–H groups in total. The quantitative estimate of drug-likeness (QED) is 0.758. The average molecular weight is 319 g/mol. The molecule has 0 aliphatic rings. The van der Waals surface area contributed by atoms with Crippen LogP contribution < -0.4 is 5.32 Å². The first-order valence-corrected chi connectivity index (χ1v) is 8.01. The van der Waals surface area contributed by atoms with Crippen LogP contribution in [0, 0.1) is 20.8 Å². The average Bonchev–Trinajstić information content (AvgIpc) is 2.89. The summed E-state index contributed by atoms with van der Waals surface area (Å²) >= 11 is 0. The summed E-state index contributed by atoms with van der Waals surface area (Å²) in [6.07, 6.45) is 0.345. The van der Waals surface area contributed by atoms with Crippen LogP contribution in [0.4, 0.5) is 5.69 Å². The Morgan fingerprint density at radius 3 is 2.54 bits per heavy atom. The fraction of sp³-hybridized carbons (Fsp3) is 0.200. The first-order chi connectivity index (χ1) is 11.5. The molecule has 0 spiro atoms. The maximum atomic E-state index is 12.4. The zero-order valence-corrected chi connectivity index (χ0v) is 14.2. The van der Waals surface area contributed by atoms with E-state index in [-0.39, 0.29) is 5.91 Å². The van der Waals surface area contributed by atoms with Gasteiger partial charge in [-0.2, -0.15) is 5.10 Å². The number of nitrogens with one attached hydrogen (secondary N) is 2. The summed E-state index contributed by atoms with van der Waals surface area (Å²) < 4.78 is 0. The molecule has 4 heteroatoms. The first-order valence-electron chi connectivity index (χ1n) is 8.01. The minimum Gasteiger partial charge on any atom is -0.322 e. The zero-order chi connectivity index (χ0) is 17.1. The topological polar surface area (TPSA) is 57.8 Å². The zero-order valence-electron chi connectivity index (χ0n) is 14.2. The molecule has 1 aromatic heterocycles. The molecule has 122 valence electrons. The predicted octanol–water partition coefficient (Wildman–Crippen LogP) is 4.18. The number of H-pyrrole nitrogens is 1. The molecule has 3 rings (SSSR count). The van der Waals surface area contributed by atoms with E-state index in [0.29, 0.717) is 6.42 Å². The van der Waals surface area contributed by atoms with Gasteiger partial charge in [0.25, 0.3) is 0 Å². The molecule has 0 bridgehead atoms. The third-order valence-electron chi connectivity index (χ3n) is 4.06. The standard InChI is InChI=1S/C20H21N3O/c1-13-9-10-17(14(2)11-13)20-19(15(3)22-23-20)21-18(24)12-16-7-5-4-6-8-16/h4-11H,12H2,1-3H3,(H,21,24)(H,22,23). The highest BCUT2D eigenvalue weighted by Gasteiger charge is 2.16. The van der Waals surface area contributed by atoms with Gasteiger partial charge >= 0.3 is 0 Å². The summed E-state index contributed by atoms with van der Waals surface area (Å²) in [5.41, 5.74) is 6.75. The number of aromatic nitrogens is 2. The molecule has 0 radical (unpaired) electrons. The molecule has 1 amide bonds. The number of amides is 1. The summed E-state index contributed by atoms with van der Waals surface area (Å²) in [7, 11) is 0. The second-order valence-corrected chi connectivity index (χ2v) is 6.10. The molecule has 0 saturated heterocycles. The third-order valence-corrected chi connectivity index (χ3v) is 4.06. The van der Waals surface area contributed by atoms with Crippen LogP contribution in [-0.4, -0.2) is 16.1 Å². The highest BCUT2D eigenvalue weighted by atomic mass is 16.1. The van der Waals surface area contributed by atoms with Gasteiger partial charge in [-0.15, -0.1) is 0 Å². The molecule has 0 fully saturated rings. The van der Waals surface area contributed by atoms with Gasteiger partial charge in [-0.3, -0.25) is 9.89 Å². The van der Waals surface area contributed by atoms with Gasteiger partial charge in [-0.05, 0) is 31.9 Å². The summed E-state index contributed by atoms with van der Waals surface area (Å²) in [5, 5.41) is 10.4. The van der Waals surface area contributed by atoms with Crippen molar-refractivity contribution >= 4 is 11.6 Å². The Hall–Kier alpha value is -2.88. The van der Waals surface area contributed by atoms with Gasteiger partial charge in [0.1, 0.15) is 5.69 Å². The molecule has 0 atom stereocenters. The Bertz CT molecular complexity index is 866. The number of anilines is 1. The molecule has 3 aromatic rings. The minimum absolute atomic E-state index is 0.0447. The minimum atomic E-state index is -0.0447. The highest BCUT2D eigenvalue weighted by Crippen LogP contribution is 2.31. The molecule has 0 aliphatic heterocycles. The lowest BCUT2D eigenvalue weighted by Gasteiger charge is -2.09. The van der Waals surface area contributed by atoms with E-state index in [1.807, 2.05) is 43.3 Å². The fourth-order valence-corrected chi connectivity index (χ4v) is 2.82. The molecular formula is C20H21N3O. The van der Waals surface area contributed by atoms with Gasteiger partial charge in [0.05, 0.1) is 17.8 Å². The van der Waals surface area contributed by atoms with E-state index in [1.54, 1.807) is 0 Å². The number of aryl methyl sites for hydroxylation is 3. The predicted molar refractivity (Wildman–Crippen MR) is 97.0 cm³/mol. The third kappa shape index (κ3) is 3.38. The maximum Gasteiger partial charge on any atom is 0.228 e. The Kier molecular flexibility index (Phi) is 4.47. The maximum absolute atomic E-state index is 12.4. The van der Waals surface area contributed by atoms with Crippen molar-refractivity contribution in [1.82, 2.24) is 10.2 Å². The lowest BCUT2D eigenvalue weighted by molar-refractivity contribution is -0.115. The van der Waals surface area contributed by atoms with Crippen LogP contribution >= 0.6 is 0 Å². The number of aromatic amines is 1. The molecule has 2 aromatic carbocycles. The van der Waals surface area contributed by atoms with Crippen molar-refractivity contribution < 1.29 is 4.79 Å². The van der Waals surface area contributed by atoms with Crippen LogP contribution in [0.2, 0.25) is 0 Å². The van der Waals surface area contributed by atoms with Crippen molar-refractivity contribution in [2.75, 3.05) is 5.32 Å². The van der Waals surface area contributed by atoms with Gasteiger partial charge in [-0.25, -0.2) is 0 Å². The summed E-state index contributed by atoms with van der Waals surface area (Å²) in [6, 6.07) is 15.9. The van der Waals surface area contributed by atoms with E-state index in [9.17, 15) is 4.79 Å². The Morgan fingerprint density at radius 2 is 1.83 bits per heavy atom. The van der Waals surface area contributed by atoms with Gasteiger partial charge in [0.2, 0.25) is 5.91 Å². The van der Waals surface area contributed by atoms with Crippen molar-refractivity contribution in [3.05, 3.63) is 70.9 Å². The number of rotatable bonds is 4. The van der Waals surface area contributed by atoms with Crippen molar-refractivity contribution in [2.45, 2.75) is 27.2 Å². The Morgan fingerprint density at radius 1 is 1.08 bits per heavy atom. The second kappa shape index (κ2) is 6.71. The van der Waals surface area contributed by atoms with E-state index in [0.717, 1.165) is 33.8 Å². The second-order valence-electron chi connectivity index (χ2n) is 6.10. The molecule has 24 heavy (non-hydrogen) atoms. The SMILES string of the molecule is Cc1ccc(-c2n[nH]c(C)c2NC(=O)Cc2ccccc2)c(C)c1. The summed E-state index contributed by atoms with van der Waals surface area (Å²) in [5.74, 6) is -0.0447. The van der Waals surface area contributed by atoms with Crippen molar-refractivity contribution in [3.8, 4) is 11.3 Å². The number of hydrogen-bond donors (Lipinski definition) is 2. The van der Waals surface area contributed by atoms with E-state index >= 15 is 0 Å². The Balaban J connectivity index is 1.86. The van der Waals surface area contributed by atoms with E-state index in [2.05, 4.69) is 41.5 Å². The molecule has 0 aliphatic carbocycles. The number of hydrogen-bond acceptors (Lipinski definition) is 2. The molecule has 0 saturated carbocycles. The highest BCUT2D eigenvalue weighted by molar-refractivity contribution is 5.96. The van der Waals surface area contributed by atoms with E-state index in [4.69, 9.17) is 0 Å². The van der Waals surface area contributed by atoms with E-state index in [1.165, 1.54) is 5.56 Å². The number of benzene rings is 2. The van der Waals surface area contributed by atoms with Crippen molar-refractivity contribution in [2.24, 2.45) is 0 Å². The molecular weight excluding hydrogens is 298 g/mol. The molecule has 1 heterocycles. The number of nitrogens with zero attached hydrogens (tertiary/aromatic N) is 1. The van der Waals surface area contributed by atoms with Gasteiger partial charge in [0, 0.05) is 5.56 Å². The lowest BCUT2D eigenvalue weighted by atomic mass is 10.0. The van der Waals surface area contributed by atoms with Crippen LogP contribution in [0.5, 0.6) is 0 Å². The summed E-state index contributed by atoms with van der Waals surface area (Å²) in [6.45, 7) is 6.04. The van der Waals surface area contributed by atoms with E-state index < -0.39 is 0 Å². The van der Waals surface area contributed by atoms with Crippen molar-refractivity contribution in [3.63, 3.8) is 0 Å². The van der Waals surface area contributed by atoms with Gasteiger partial charge in [-0.1, -0.05) is 54.1 Å². The number of carbonyl (C=O) groups excluding carboxylic acids is 1. The first kappa shape index (κ1) is 16.0. The van der Waals surface area contributed by atoms with Crippen LogP contribution in [0.1, 0.15) is 22.4 Å². The van der Waals surface area contributed by atoms with Crippen LogP contribution in [0.25, 0.3) is 11.3 Å². The van der Waals surface area contributed by atoms with Crippen LogP contribution in [0.15, 0.2) is 48.5 Å². The summed E-state index contributed by atoms with van der Waals surface area (Å²) in [4.78, 5) is 12.4. The van der Waals surface area contributed by atoms with Crippen molar-refractivity contribution in [1.29, 1.82) is 0 Å². The van der Waals surface area contributed by atoms with Gasteiger partial charge in [0.15, 0.2) is 0 Å². The largest absolute Gasteiger partial charge is 0.322 e. The normalized spacial score (nSPS) is 10.6. The van der Waals surface area contributed by atoms with Crippen LogP contribution in [0.3, 0.4) is 0 Å². The monoisotopic (exact) mass is 319 g/mol. The molecule has 0 unspecified atom stereocenters. The Labute approximate surface area is 141 Å². The smallest absolute Gasteiger partial charge is 0.228 e. The number of carbonyl (C=O) groups is 1. The lowest BCUT2D eigenvalue weighted by Crippen LogP contribution is -2.15.